The highest BCUT2D eigenvalue weighted by atomic mass is 16.6. The van der Waals surface area contributed by atoms with E-state index in [2.05, 4.69) is 5.32 Å². The van der Waals surface area contributed by atoms with Gasteiger partial charge in [0.05, 0.1) is 11.6 Å². The average Bonchev–Trinajstić information content (AvgIpc) is 2.57. The third kappa shape index (κ3) is 5.11. The van der Waals surface area contributed by atoms with Crippen molar-refractivity contribution >= 4 is 11.9 Å². The van der Waals surface area contributed by atoms with Crippen molar-refractivity contribution in [3.8, 4) is 0 Å². The first-order chi connectivity index (χ1) is 7.37. The molecule has 1 saturated heterocycles. The molecule has 0 bridgehead atoms. The van der Waals surface area contributed by atoms with E-state index in [4.69, 9.17) is 9.47 Å². The van der Waals surface area contributed by atoms with Crippen molar-refractivity contribution in [2.45, 2.75) is 45.3 Å². The van der Waals surface area contributed by atoms with Crippen molar-refractivity contribution in [2.75, 3.05) is 13.2 Å². The molecule has 1 N–H and O–H groups in total. The van der Waals surface area contributed by atoms with Crippen molar-refractivity contribution in [3.63, 3.8) is 0 Å². The zero-order valence-corrected chi connectivity index (χ0v) is 10.0. The Hall–Kier alpha value is -1.10. The van der Waals surface area contributed by atoms with Crippen LogP contribution in [0.15, 0.2) is 0 Å². The number of esters is 1. The molecule has 1 heterocycles. The molecule has 1 atom stereocenters. The van der Waals surface area contributed by atoms with Crippen LogP contribution in [0.2, 0.25) is 0 Å². The SMILES string of the molecule is CC(C)(C)OCC(=O)OC[C@H]1CCC(=O)N1. The van der Waals surface area contributed by atoms with E-state index in [-0.39, 0.29) is 30.8 Å². The Labute approximate surface area is 95.5 Å². The van der Waals surface area contributed by atoms with Crippen LogP contribution in [0.25, 0.3) is 0 Å². The summed E-state index contributed by atoms with van der Waals surface area (Å²) >= 11 is 0. The molecule has 0 aromatic heterocycles. The number of carbonyl (C=O) groups excluding carboxylic acids is 2. The largest absolute Gasteiger partial charge is 0.462 e. The van der Waals surface area contributed by atoms with Crippen molar-refractivity contribution in [1.82, 2.24) is 5.32 Å². The fourth-order valence-electron chi connectivity index (χ4n) is 1.31. The molecule has 5 heteroatoms. The van der Waals surface area contributed by atoms with Crippen molar-refractivity contribution in [2.24, 2.45) is 0 Å². The summed E-state index contributed by atoms with van der Waals surface area (Å²) in [5.74, 6) is -0.372. The molecule has 0 radical (unpaired) electrons. The van der Waals surface area contributed by atoms with E-state index >= 15 is 0 Å². The minimum absolute atomic E-state index is 0.0204. The quantitative estimate of drug-likeness (QED) is 0.718. The maximum Gasteiger partial charge on any atom is 0.332 e. The molecule has 0 aromatic rings. The molecule has 0 aromatic carbocycles. The molecule has 0 saturated carbocycles. The van der Waals surface area contributed by atoms with E-state index in [0.29, 0.717) is 6.42 Å². The Bertz CT molecular complexity index is 270. The number of nitrogens with one attached hydrogen (secondary N) is 1. The van der Waals surface area contributed by atoms with Gasteiger partial charge < -0.3 is 14.8 Å². The van der Waals surface area contributed by atoms with Gasteiger partial charge in [-0.1, -0.05) is 0 Å². The summed E-state index contributed by atoms with van der Waals surface area (Å²) in [4.78, 5) is 22.1. The summed E-state index contributed by atoms with van der Waals surface area (Å²) in [7, 11) is 0. The molecule has 16 heavy (non-hydrogen) atoms. The minimum Gasteiger partial charge on any atom is -0.462 e. The highest BCUT2D eigenvalue weighted by molar-refractivity contribution is 5.78. The van der Waals surface area contributed by atoms with E-state index in [1.807, 2.05) is 20.8 Å². The number of hydrogen-bond donors (Lipinski definition) is 1. The molecular weight excluding hydrogens is 210 g/mol. The average molecular weight is 229 g/mol. The Morgan fingerprint density at radius 3 is 2.69 bits per heavy atom. The van der Waals surface area contributed by atoms with Gasteiger partial charge >= 0.3 is 5.97 Å². The third-order valence-electron chi connectivity index (χ3n) is 2.15. The van der Waals surface area contributed by atoms with Crippen LogP contribution in [0.4, 0.5) is 0 Å². The van der Waals surface area contributed by atoms with Crippen molar-refractivity contribution < 1.29 is 19.1 Å². The molecule has 1 rings (SSSR count). The molecule has 1 aliphatic heterocycles. The maximum atomic E-state index is 11.3. The van der Waals surface area contributed by atoms with Gasteiger partial charge in [0, 0.05) is 6.42 Å². The first-order valence-corrected chi connectivity index (χ1v) is 5.46. The normalized spacial score (nSPS) is 20.7. The summed E-state index contributed by atoms with van der Waals surface area (Å²) in [5, 5.41) is 2.72. The standard InChI is InChI=1S/C11H19NO4/c1-11(2,3)16-7-10(14)15-6-8-4-5-9(13)12-8/h8H,4-7H2,1-3H3,(H,12,13)/t8-/m1/s1. The van der Waals surface area contributed by atoms with E-state index < -0.39 is 5.97 Å². The van der Waals surface area contributed by atoms with Gasteiger partial charge in [0.2, 0.25) is 5.91 Å². The minimum atomic E-state index is -0.393. The van der Waals surface area contributed by atoms with Crippen LogP contribution in [0.3, 0.4) is 0 Å². The Balaban J connectivity index is 2.13. The van der Waals surface area contributed by atoms with E-state index in [1.54, 1.807) is 0 Å². The highest BCUT2D eigenvalue weighted by Gasteiger charge is 2.22. The Kier molecular flexibility index (Phi) is 4.29. The Morgan fingerprint density at radius 2 is 2.19 bits per heavy atom. The molecule has 5 nitrogen and oxygen atoms in total. The predicted octanol–water partition coefficient (Wildman–Crippen LogP) is 0.623. The van der Waals surface area contributed by atoms with Gasteiger partial charge in [0.1, 0.15) is 13.2 Å². The van der Waals surface area contributed by atoms with Gasteiger partial charge in [-0.2, -0.15) is 0 Å². The summed E-state index contributed by atoms with van der Waals surface area (Å²) in [5.41, 5.74) is -0.347. The highest BCUT2D eigenvalue weighted by Crippen LogP contribution is 2.08. The topological polar surface area (TPSA) is 64.6 Å². The van der Waals surface area contributed by atoms with E-state index in [0.717, 1.165) is 6.42 Å². The lowest BCUT2D eigenvalue weighted by atomic mass is 10.2. The van der Waals surface area contributed by atoms with Gasteiger partial charge in [-0.15, -0.1) is 0 Å². The number of carbonyl (C=O) groups is 2. The Morgan fingerprint density at radius 1 is 1.50 bits per heavy atom. The zero-order valence-electron chi connectivity index (χ0n) is 10.0. The molecule has 1 aliphatic rings. The van der Waals surface area contributed by atoms with Gasteiger partial charge in [0.25, 0.3) is 0 Å². The monoisotopic (exact) mass is 229 g/mol. The second-order valence-electron chi connectivity index (χ2n) is 4.89. The summed E-state index contributed by atoms with van der Waals surface area (Å²) in [6.07, 6.45) is 1.24. The molecule has 0 aliphatic carbocycles. The second-order valence-corrected chi connectivity index (χ2v) is 4.89. The van der Waals surface area contributed by atoms with E-state index in [1.165, 1.54) is 0 Å². The maximum absolute atomic E-state index is 11.3. The lowest BCUT2D eigenvalue weighted by Gasteiger charge is -2.19. The molecule has 1 amide bonds. The van der Waals surface area contributed by atoms with Crippen LogP contribution in [0.1, 0.15) is 33.6 Å². The van der Waals surface area contributed by atoms with Gasteiger partial charge in [0.15, 0.2) is 0 Å². The predicted molar refractivity (Wildman–Crippen MR) is 57.8 cm³/mol. The molecule has 92 valence electrons. The smallest absolute Gasteiger partial charge is 0.332 e. The van der Waals surface area contributed by atoms with Crippen LogP contribution in [-0.4, -0.2) is 36.7 Å². The summed E-state index contributed by atoms with van der Waals surface area (Å²) < 4.78 is 10.3. The fourth-order valence-corrected chi connectivity index (χ4v) is 1.31. The lowest BCUT2D eigenvalue weighted by molar-refractivity contribution is -0.154. The molecular formula is C11H19NO4. The van der Waals surface area contributed by atoms with Crippen molar-refractivity contribution in [1.29, 1.82) is 0 Å². The third-order valence-corrected chi connectivity index (χ3v) is 2.15. The molecule has 0 unspecified atom stereocenters. The van der Waals surface area contributed by atoms with Gasteiger partial charge in [-0.25, -0.2) is 4.79 Å². The number of rotatable bonds is 4. The van der Waals surface area contributed by atoms with Crippen LogP contribution in [0.5, 0.6) is 0 Å². The van der Waals surface area contributed by atoms with Gasteiger partial charge in [-0.05, 0) is 27.2 Å². The number of amides is 1. The number of ether oxygens (including phenoxy) is 2. The molecule has 0 spiro atoms. The molecule has 1 fully saturated rings. The first kappa shape index (κ1) is 13.0. The lowest BCUT2D eigenvalue weighted by Crippen LogP contribution is -2.32. The second kappa shape index (κ2) is 5.30. The first-order valence-electron chi connectivity index (χ1n) is 5.46. The summed E-state index contributed by atoms with van der Waals surface area (Å²) in [6.45, 7) is 5.80. The van der Waals surface area contributed by atoms with Gasteiger partial charge in [-0.3, -0.25) is 4.79 Å². The fraction of sp³-hybridized carbons (Fsp3) is 0.818. The van der Waals surface area contributed by atoms with Crippen LogP contribution < -0.4 is 5.32 Å². The van der Waals surface area contributed by atoms with Crippen LogP contribution in [-0.2, 0) is 19.1 Å². The van der Waals surface area contributed by atoms with Crippen LogP contribution >= 0.6 is 0 Å². The van der Waals surface area contributed by atoms with Crippen LogP contribution in [0, 0.1) is 0 Å². The van der Waals surface area contributed by atoms with Crippen molar-refractivity contribution in [3.05, 3.63) is 0 Å². The summed E-state index contributed by atoms with van der Waals surface area (Å²) in [6, 6.07) is -0.0360. The zero-order chi connectivity index (χ0) is 12.2. The number of hydrogen-bond acceptors (Lipinski definition) is 4. The van der Waals surface area contributed by atoms with E-state index in [9.17, 15) is 9.59 Å².